The lowest BCUT2D eigenvalue weighted by Crippen LogP contribution is -2.43. The zero-order valence-corrected chi connectivity index (χ0v) is 13.6. The third-order valence-electron chi connectivity index (χ3n) is 3.02. The van der Waals surface area contributed by atoms with Gasteiger partial charge in [0.25, 0.3) is 5.91 Å². The number of imide groups is 1. The summed E-state index contributed by atoms with van der Waals surface area (Å²) in [7, 11) is 1.39. The summed E-state index contributed by atoms with van der Waals surface area (Å²) in [6.07, 6.45) is -0.463. The molecule has 0 saturated heterocycles. The van der Waals surface area contributed by atoms with Gasteiger partial charge >= 0.3 is 12.0 Å². The average Bonchev–Trinajstić information content (AvgIpc) is 2.95. The zero-order valence-electron chi connectivity index (χ0n) is 12.8. The molecular formula is C15H17N3O4S. The summed E-state index contributed by atoms with van der Waals surface area (Å²) < 4.78 is 6.06. The minimum atomic E-state index is -1.03. The maximum absolute atomic E-state index is 11.8. The van der Waals surface area contributed by atoms with Crippen LogP contribution in [0.15, 0.2) is 24.3 Å². The van der Waals surface area contributed by atoms with Crippen molar-refractivity contribution in [2.45, 2.75) is 25.9 Å². The number of thiazole rings is 1. The first-order valence-electron chi connectivity index (χ1n) is 7.06. The van der Waals surface area contributed by atoms with E-state index in [1.54, 1.807) is 0 Å². The molecule has 0 bridgehead atoms. The second-order valence-electron chi connectivity index (χ2n) is 4.78. The van der Waals surface area contributed by atoms with Crippen LogP contribution < -0.4 is 10.6 Å². The molecule has 1 aromatic carbocycles. The molecule has 0 fully saturated rings. The van der Waals surface area contributed by atoms with Crippen molar-refractivity contribution in [1.29, 1.82) is 0 Å². The number of nitrogens with zero attached hydrogens (tertiary/aromatic N) is 1. The van der Waals surface area contributed by atoms with Crippen LogP contribution in [0.25, 0.3) is 10.2 Å². The number of nitrogens with one attached hydrogen (secondary N) is 2. The Morgan fingerprint density at radius 3 is 2.74 bits per heavy atom. The fourth-order valence-electron chi connectivity index (χ4n) is 1.82. The molecule has 0 saturated carbocycles. The minimum Gasteiger partial charge on any atom is -0.453 e. The van der Waals surface area contributed by atoms with Gasteiger partial charge in [0.1, 0.15) is 0 Å². The summed E-state index contributed by atoms with van der Waals surface area (Å²) in [4.78, 5) is 38.8. The highest BCUT2D eigenvalue weighted by Crippen LogP contribution is 2.22. The number of aryl methyl sites for hydroxylation is 1. The molecule has 2 rings (SSSR count). The van der Waals surface area contributed by atoms with E-state index >= 15 is 0 Å². The number of esters is 1. The lowest BCUT2D eigenvalue weighted by atomic mass is 10.3. The SMILES string of the molecule is CNC(=O)NC(=O)C(C)OC(=O)CCc1nc2ccccc2s1. The second-order valence-corrected chi connectivity index (χ2v) is 5.89. The van der Waals surface area contributed by atoms with E-state index in [2.05, 4.69) is 10.3 Å². The van der Waals surface area contributed by atoms with Crippen LogP contribution in [0, 0.1) is 0 Å². The highest BCUT2D eigenvalue weighted by molar-refractivity contribution is 7.18. The summed E-state index contributed by atoms with van der Waals surface area (Å²) in [5, 5.41) is 5.13. The molecule has 0 aliphatic heterocycles. The van der Waals surface area contributed by atoms with E-state index in [4.69, 9.17) is 4.74 Å². The Labute approximate surface area is 137 Å². The van der Waals surface area contributed by atoms with Crippen LogP contribution in [0.4, 0.5) is 4.79 Å². The van der Waals surface area contributed by atoms with Crippen LogP contribution in [0.1, 0.15) is 18.4 Å². The van der Waals surface area contributed by atoms with E-state index in [0.29, 0.717) is 6.42 Å². The normalized spacial score (nSPS) is 11.7. The molecule has 1 unspecified atom stereocenters. The zero-order chi connectivity index (χ0) is 16.8. The number of carbonyl (C=O) groups is 3. The first-order valence-corrected chi connectivity index (χ1v) is 7.87. The Bertz CT molecular complexity index is 695. The van der Waals surface area contributed by atoms with Gasteiger partial charge in [0.15, 0.2) is 6.10 Å². The molecule has 0 spiro atoms. The molecule has 1 heterocycles. The maximum atomic E-state index is 11.8. The summed E-state index contributed by atoms with van der Waals surface area (Å²) >= 11 is 1.52. The van der Waals surface area contributed by atoms with Crippen LogP contribution >= 0.6 is 11.3 Å². The van der Waals surface area contributed by atoms with E-state index in [1.807, 2.05) is 29.6 Å². The fourth-order valence-corrected chi connectivity index (χ4v) is 2.79. The van der Waals surface area contributed by atoms with Gasteiger partial charge in [-0.3, -0.25) is 14.9 Å². The van der Waals surface area contributed by atoms with Gasteiger partial charge in [-0.2, -0.15) is 0 Å². The van der Waals surface area contributed by atoms with Crippen molar-refractivity contribution in [1.82, 2.24) is 15.6 Å². The summed E-state index contributed by atoms with van der Waals surface area (Å²) in [6.45, 7) is 1.41. The third-order valence-corrected chi connectivity index (χ3v) is 4.12. The Morgan fingerprint density at radius 2 is 2.04 bits per heavy atom. The van der Waals surface area contributed by atoms with Crippen molar-refractivity contribution >= 4 is 39.5 Å². The second kappa shape index (κ2) is 7.68. The molecule has 8 heteroatoms. The number of urea groups is 1. The third kappa shape index (κ3) is 4.75. The summed E-state index contributed by atoms with van der Waals surface area (Å²) in [6, 6.07) is 7.09. The van der Waals surface area contributed by atoms with E-state index in [-0.39, 0.29) is 6.42 Å². The topological polar surface area (TPSA) is 97.4 Å². The molecular weight excluding hydrogens is 318 g/mol. The molecule has 0 radical (unpaired) electrons. The number of hydrogen-bond acceptors (Lipinski definition) is 6. The maximum Gasteiger partial charge on any atom is 0.321 e. The van der Waals surface area contributed by atoms with Crippen molar-refractivity contribution in [3.63, 3.8) is 0 Å². The molecule has 7 nitrogen and oxygen atoms in total. The number of benzene rings is 1. The Morgan fingerprint density at radius 1 is 1.30 bits per heavy atom. The van der Waals surface area contributed by atoms with Crippen molar-refractivity contribution < 1.29 is 19.1 Å². The Kier molecular flexibility index (Phi) is 5.64. The summed E-state index contributed by atoms with van der Waals surface area (Å²) in [5.41, 5.74) is 0.902. The lowest BCUT2D eigenvalue weighted by Gasteiger charge is -2.12. The molecule has 2 N–H and O–H groups in total. The van der Waals surface area contributed by atoms with E-state index in [0.717, 1.165) is 15.2 Å². The van der Waals surface area contributed by atoms with Gasteiger partial charge in [0.05, 0.1) is 21.6 Å². The van der Waals surface area contributed by atoms with Gasteiger partial charge < -0.3 is 10.1 Å². The number of amides is 3. The Balaban J connectivity index is 1.82. The number of fused-ring (bicyclic) bond motifs is 1. The molecule has 1 aromatic heterocycles. The van der Waals surface area contributed by atoms with Crippen LogP contribution in [-0.4, -0.2) is 36.0 Å². The smallest absolute Gasteiger partial charge is 0.321 e. The molecule has 0 aliphatic carbocycles. The van der Waals surface area contributed by atoms with Crippen LogP contribution in [0.3, 0.4) is 0 Å². The number of ether oxygens (including phenoxy) is 1. The highest BCUT2D eigenvalue weighted by Gasteiger charge is 2.19. The lowest BCUT2D eigenvalue weighted by molar-refractivity contribution is -0.154. The number of hydrogen-bond donors (Lipinski definition) is 2. The molecule has 2 aromatic rings. The van der Waals surface area contributed by atoms with E-state index in [9.17, 15) is 14.4 Å². The van der Waals surface area contributed by atoms with Gasteiger partial charge in [-0.05, 0) is 19.1 Å². The highest BCUT2D eigenvalue weighted by atomic mass is 32.1. The van der Waals surface area contributed by atoms with E-state index in [1.165, 1.54) is 25.3 Å². The van der Waals surface area contributed by atoms with E-state index < -0.39 is 24.0 Å². The van der Waals surface area contributed by atoms with Crippen molar-refractivity contribution in [3.8, 4) is 0 Å². The van der Waals surface area contributed by atoms with Gasteiger partial charge in [0, 0.05) is 13.5 Å². The van der Waals surface area contributed by atoms with Crippen molar-refractivity contribution in [3.05, 3.63) is 29.3 Å². The number of para-hydroxylation sites is 1. The quantitative estimate of drug-likeness (QED) is 0.809. The number of rotatable bonds is 5. The Hall–Kier alpha value is -2.48. The monoisotopic (exact) mass is 335 g/mol. The van der Waals surface area contributed by atoms with Crippen molar-refractivity contribution in [2.75, 3.05) is 7.05 Å². The average molecular weight is 335 g/mol. The van der Waals surface area contributed by atoms with Gasteiger partial charge in [-0.25, -0.2) is 9.78 Å². The largest absolute Gasteiger partial charge is 0.453 e. The predicted molar refractivity (Wildman–Crippen MR) is 86.1 cm³/mol. The van der Waals surface area contributed by atoms with Crippen LogP contribution in [0.5, 0.6) is 0 Å². The van der Waals surface area contributed by atoms with Gasteiger partial charge in [-0.1, -0.05) is 12.1 Å². The first-order chi connectivity index (χ1) is 11.0. The number of aromatic nitrogens is 1. The molecule has 1 atom stereocenters. The van der Waals surface area contributed by atoms with Crippen LogP contribution in [0.2, 0.25) is 0 Å². The number of carbonyl (C=O) groups excluding carboxylic acids is 3. The fraction of sp³-hybridized carbons (Fsp3) is 0.333. The molecule has 122 valence electrons. The molecule has 23 heavy (non-hydrogen) atoms. The first kappa shape index (κ1) is 16.9. The van der Waals surface area contributed by atoms with Gasteiger partial charge in [0.2, 0.25) is 0 Å². The molecule has 0 aliphatic rings. The van der Waals surface area contributed by atoms with Gasteiger partial charge in [-0.15, -0.1) is 11.3 Å². The standard InChI is InChI=1S/C15H17N3O4S/c1-9(14(20)18-15(21)16-2)22-13(19)8-7-12-17-10-5-3-4-6-11(10)23-12/h3-6,9H,7-8H2,1-2H3,(H2,16,18,20,21). The predicted octanol–water partition coefficient (Wildman–Crippen LogP) is 1.62. The van der Waals surface area contributed by atoms with Crippen molar-refractivity contribution in [2.24, 2.45) is 0 Å². The summed E-state index contributed by atoms with van der Waals surface area (Å²) in [5.74, 6) is -1.18. The van der Waals surface area contributed by atoms with Crippen LogP contribution in [-0.2, 0) is 20.7 Å². The molecule has 3 amide bonds. The minimum absolute atomic E-state index is 0.122.